The molecule has 15 heavy (non-hydrogen) atoms. The molecule has 82 valence electrons. The molecule has 1 N–H and O–H groups in total. The van der Waals surface area contributed by atoms with Gasteiger partial charge in [-0.3, -0.25) is 9.99 Å². The van der Waals surface area contributed by atoms with Crippen LogP contribution in [0.2, 0.25) is 0 Å². The van der Waals surface area contributed by atoms with Gasteiger partial charge in [-0.05, 0) is 24.5 Å². The number of pyridine rings is 1. The predicted molar refractivity (Wildman–Crippen MR) is 56.9 cm³/mol. The molecule has 1 aromatic rings. The van der Waals surface area contributed by atoms with Crippen LogP contribution < -0.4 is 0 Å². The number of rotatable bonds is 6. The predicted octanol–water partition coefficient (Wildman–Crippen LogP) is 1.51. The minimum Gasteiger partial charge on any atom is -0.388 e. The van der Waals surface area contributed by atoms with E-state index in [1.807, 2.05) is 0 Å². The zero-order valence-corrected chi connectivity index (χ0v) is 8.63. The second-order valence-corrected chi connectivity index (χ2v) is 3.25. The first-order valence-corrected chi connectivity index (χ1v) is 4.73. The van der Waals surface area contributed by atoms with E-state index in [-0.39, 0.29) is 6.42 Å². The van der Waals surface area contributed by atoms with Crippen LogP contribution in [0.5, 0.6) is 0 Å². The molecule has 0 saturated carbocycles. The van der Waals surface area contributed by atoms with Gasteiger partial charge in [0.15, 0.2) is 0 Å². The fourth-order valence-corrected chi connectivity index (χ4v) is 1.19. The molecule has 0 radical (unpaired) electrons. The normalized spacial score (nSPS) is 15.2. The van der Waals surface area contributed by atoms with Crippen molar-refractivity contribution >= 4 is 0 Å². The lowest BCUT2D eigenvalue weighted by molar-refractivity contribution is 0.158. The molecule has 0 spiro atoms. The van der Waals surface area contributed by atoms with Crippen LogP contribution in [0.15, 0.2) is 29.8 Å². The van der Waals surface area contributed by atoms with Gasteiger partial charge in [-0.15, -0.1) is 4.91 Å². The number of aromatic nitrogens is 1. The molecule has 1 heterocycles. The third kappa shape index (κ3) is 4.03. The van der Waals surface area contributed by atoms with Crippen LogP contribution in [-0.2, 0) is 0 Å². The maximum atomic E-state index is 10.1. The first-order chi connectivity index (χ1) is 7.56. The molecular weight excluding hydrogens is 194 g/mol. The molecule has 1 unspecified atom stereocenters. The smallest absolute Gasteiger partial charge is 0.0805 e. The molecule has 1 atom stereocenters. The lowest BCUT2D eigenvalue weighted by Gasteiger charge is -2.12. The Morgan fingerprint density at radius 3 is 3.20 bits per heavy atom. The Morgan fingerprint density at radius 2 is 2.60 bits per heavy atom. The number of nitroso groups, excluding NO2 is 1. The maximum Gasteiger partial charge on any atom is 0.0805 e. The summed E-state index contributed by atoms with van der Waals surface area (Å²) >= 11 is 0. The van der Waals surface area contributed by atoms with Gasteiger partial charge in [0, 0.05) is 26.0 Å². The molecular formula is C10H15N3O2. The summed E-state index contributed by atoms with van der Waals surface area (Å²) in [4.78, 5) is 13.9. The quantitative estimate of drug-likeness (QED) is 0.571. The molecule has 0 aliphatic rings. The molecule has 1 rings (SSSR count). The van der Waals surface area contributed by atoms with Crippen molar-refractivity contribution in [3.8, 4) is 0 Å². The summed E-state index contributed by atoms with van der Waals surface area (Å²) in [5.41, 5.74) is 0.455. The van der Waals surface area contributed by atoms with Gasteiger partial charge in [-0.25, -0.2) is 0 Å². The lowest BCUT2D eigenvalue weighted by atomic mass is 10.1. The first-order valence-electron chi connectivity index (χ1n) is 5.23. The summed E-state index contributed by atoms with van der Waals surface area (Å²) in [6.07, 6.45) is 2.14. The van der Waals surface area contributed by atoms with E-state index in [2.05, 4.69) is 10.3 Å². The minimum absolute atomic E-state index is 0.235. The molecule has 0 bridgehead atoms. The second-order valence-electron chi connectivity index (χ2n) is 3.25. The van der Waals surface area contributed by atoms with E-state index in [0.29, 0.717) is 18.5 Å². The highest BCUT2D eigenvalue weighted by Crippen LogP contribution is 2.16. The van der Waals surface area contributed by atoms with E-state index in [9.17, 15) is 10.0 Å². The standard InChI is InChI=1S/C10H15N3O2/c1-13(12-15)7-3-5-10(14)9-4-2-6-11-8-9/h2,4,6,8,10,14H,3,5,7H2,1H3/i10D. The van der Waals surface area contributed by atoms with E-state index in [1.165, 1.54) is 11.2 Å². The second kappa shape index (κ2) is 6.08. The molecule has 0 aliphatic carbocycles. The third-order valence-electron chi connectivity index (χ3n) is 2.03. The summed E-state index contributed by atoms with van der Waals surface area (Å²) in [6, 6.07) is 3.33. The fourth-order valence-electron chi connectivity index (χ4n) is 1.19. The topological polar surface area (TPSA) is 65.8 Å². The largest absolute Gasteiger partial charge is 0.388 e. The molecule has 0 fully saturated rings. The van der Waals surface area contributed by atoms with E-state index < -0.39 is 6.08 Å². The minimum atomic E-state index is -1.65. The Hall–Kier alpha value is -1.49. The average Bonchev–Trinajstić information content (AvgIpc) is 2.30. The zero-order chi connectivity index (χ0) is 12.0. The van der Waals surface area contributed by atoms with E-state index in [0.717, 1.165) is 0 Å². The molecule has 5 nitrogen and oxygen atoms in total. The molecule has 0 amide bonds. The van der Waals surface area contributed by atoms with Crippen molar-refractivity contribution in [3.63, 3.8) is 0 Å². The molecule has 1 aromatic heterocycles. The van der Waals surface area contributed by atoms with E-state index in [1.54, 1.807) is 25.4 Å². The Morgan fingerprint density at radius 1 is 1.80 bits per heavy atom. The van der Waals surface area contributed by atoms with Crippen molar-refractivity contribution in [1.29, 1.82) is 0 Å². The van der Waals surface area contributed by atoms with E-state index >= 15 is 0 Å². The Kier molecular flexibility index (Phi) is 4.07. The van der Waals surface area contributed by atoms with E-state index in [4.69, 9.17) is 1.37 Å². The summed E-state index contributed by atoms with van der Waals surface area (Å²) in [5.74, 6) is 0. The number of nitrogens with zero attached hydrogens (tertiary/aromatic N) is 3. The van der Waals surface area contributed by atoms with Crippen molar-refractivity contribution in [1.82, 2.24) is 9.99 Å². The maximum absolute atomic E-state index is 10.1. The highest BCUT2D eigenvalue weighted by molar-refractivity contribution is 5.11. The number of hydrogen-bond acceptors (Lipinski definition) is 4. The zero-order valence-electron chi connectivity index (χ0n) is 9.63. The van der Waals surface area contributed by atoms with Crippen molar-refractivity contribution in [2.75, 3.05) is 13.6 Å². The Bertz CT molecular complexity index is 332. The van der Waals surface area contributed by atoms with Gasteiger partial charge in [0.25, 0.3) is 0 Å². The summed E-state index contributed by atoms with van der Waals surface area (Å²) in [6.45, 7) is 0.422. The van der Waals surface area contributed by atoms with Gasteiger partial charge < -0.3 is 5.11 Å². The summed E-state index contributed by atoms with van der Waals surface area (Å²) < 4.78 is 7.76. The Balaban J connectivity index is 2.49. The lowest BCUT2D eigenvalue weighted by Crippen LogP contribution is -2.12. The summed E-state index contributed by atoms with van der Waals surface area (Å²) in [5, 5.41) is 13.8. The van der Waals surface area contributed by atoms with Gasteiger partial charge in [0.2, 0.25) is 0 Å². The molecule has 0 saturated heterocycles. The summed E-state index contributed by atoms with van der Waals surface area (Å²) in [7, 11) is 1.56. The number of aliphatic hydroxyl groups is 1. The van der Waals surface area contributed by atoms with Crippen LogP contribution in [0.4, 0.5) is 0 Å². The van der Waals surface area contributed by atoms with Gasteiger partial charge >= 0.3 is 0 Å². The van der Waals surface area contributed by atoms with Gasteiger partial charge in [-0.1, -0.05) is 6.07 Å². The SMILES string of the molecule is [2H]C(O)(CCCN(C)N=O)c1cccnc1. The average molecular weight is 210 g/mol. The highest BCUT2D eigenvalue weighted by Gasteiger charge is 2.07. The van der Waals surface area contributed by atoms with Gasteiger partial charge in [0.1, 0.15) is 0 Å². The van der Waals surface area contributed by atoms with Crippen molar-refractivity contribution in [2.24, 2.45) is 5.29 Å². The molecule has 0 aromatic carbocycles. The van der Waals surface area contributed by atoms with Crippen LogP contribution in [0.3, 0.4) is 0 Å². The monoisotopic (exact) mass is 210 g/mol. The highest BCUT2D eigenvalue weighted by atomic mass is 16.3. The van der Waals surface area contributed by atoms with Crippen LogP contribution in [0, 0.1) is 4.91 Å². The van der Waals surface area contributed by atoms with Crippen LogP contribution in [0.1, 0.15) is 25.9 Å². The van der Waals surface area contributed by atoms with Gasteiger partial charge in [0.05, 0.1) is 12.7 Å². The van der Waals surface area contributed by atoms with Crippen LogP contribution in [0.25, 0.3) is 0 Å². The van der Waals surface area contributed by atoms with Crippen LogP contribution in [-0.4, -0.2) is 28.7 Å². The fraction of sp³-hybridized carbons (Fsp3) is 0.500. The number of hydrogen-bond donors (Lipinski definition) is 1. The van der Waals surface area contributed by atoms with Crippen molar-refractivity contribution in [2.45, 2.75) is 18.9 Å². The Labute approximate surface area is 90.1 Å². The van der Waals surface area contributed by atoms with Crippen LogP contribution >= 0.6 is 0 Å². The van der Waals surface area contributed by atoms with Gasteiger partial charge in [-0.2, -0.15) is 0 Å². The van der Waals surface area contributed by atoms with Crippen molar-refractivity contribution in [3.05, 3.63) is 35.0 Å². The molecule has 0 aliphatic heterocycles. The third-order valence-corrected chi connectivity index (χ3v) is 2.03. The molecule has 5 heteroatoms. The van der Waals surface area contributed by atoms with Crippen molar-refractivity contribution < 1.29 is 6.48 Å². The first kappa shape index (κ1) is 10.0.